The second-order valence-electron chi connectivity index (χ2n) is 4.79. The molecule has 0 atom stereocenters. The molecular weight excluding hydrogens is 264 g/mol. The van der Waals surface area contributed by atoms with Crippen molar-refractivity contribution < 1.29 is 13.2 Å². The number of nitrogen functional groups attached to an aromatic ring is 1. The van der Waals surface area contributed by atoms with E-state index >= 15 is 0 Å². The van der Waals surface area contributed by atoms with Gasteiger partial charge in [0.2, 0.25) is 0 Å². The van der Waals surface area contributed by atoms with Crippen LogP contribution in [0, 0.1) is 0 Å². The van der Waals surface area contributed by atoms with Gasteiger partial charge in [0.05, 0.1) is 23.2 Å². The Morgan fingerprint density at radius 3 is 2.63 bits per heavy atom. The molecule has 3 N–H and O–H groups in total. The number of benzene rings is 1. The number of nitrogens with two attached hydrogens (primary N) is 1. The van der Waals surface area contributed by atoms with Crippen LogP contribution in [-0.4, -0.2) is 33.1 Å². The van der Waals surface area contributed by atoms with Crippen molar-refractivity contribution in [3.63, 3.8) is 0 Å². The molecule has 1 rings (SSSR count). The molecule has 19 heavy (non-hydrogen) atoms. The first-order chi connectivity index (χ1) is 8.79. The smallest absolute Gasteiger partial charge is 0.147 e. The Morgan fingerprint density at radius 1 is 1.37 bits per heavy atom. The molecule has 0 radical (unpaired) electrons. The van der Waals surface area contributed by atoms with Gasteiger partial charge >= 0.3 is 0 Å². The zero-order chi connectivity index (χ0) is 14.5. The number of rotatable bonds is 7. The average Bonchev–Trinajstić information content (AvgIpc) is 2.27. The summed E-state index contributed by atoms with van der Waals surface area (Å²) in [6.07, 6.45) is 1.84. The summed E-state index contributed by atoms with van der Waals surface area (Å²) < 4.78 is 27.6. The van der Waals surface area contributed by atoms with Crippen molar-refractivity contribution in [1.29, 1.82) is 0 Å². The molecule has 0 fully saturated rings. The molecule has 0 aliphatic carbocycles. The topological polar surface area (TPSA) is 81.4 Å². The highest BCUT2D eigenvalue weighted by molar-refractivity contribution is 7.90. The molecular formula is C13H22N2O3S. The highest BCUT2D eigenvalue weighted by Crippen LogP contribution is 2.29. The van der Waals surface area contributed by atoms with E-state index < -0.39 is 9.84 Å². The summed E-state index contributed by atoms with van der Waals surface area (Å²) in [5.74, 6) is 0.811. The molecule has 0 aromatic heterocycles. The van der Waals surface area contributed by atoms with E-state index in [0.29, 0.717) is 24.4 Å². The van der Waals surface area contributed by atoms with Crippen LogP contribution in [0.25, 0.3) is 0 Å². The number of para-hydroxylation sites is 1. The predicted molar refractivity (Wildman–Crippen MR) is 79.4 cm³/mol. The van der Waals surface area contributed by atoms with Gasteiger partial charge in [-0.1, -0.05) is 6.07 Å². The van der Waals surface area contributed by atoms with Crippen molar-refractivity contribution in [2.75, 3.05) is 29.6 Å². The molecule has 0 saturated carbocycles. The van der Waals surface area contributed by atoms with Gasteiger partial charge in [-0.05, 0) is 32.4 Å². The Hall–Kier alpha value is -1.43. The van der Waals surface area contributed by atoms with Gasteiger partial charge in [-0.3, -0.25) is 0 Å². The molecule has 0 unspecified atom stereocenters. The van der Waals surface area contributed by atoms with Gasteiger partial charge in [-0.2, -0.15) is 0 Å². The number of nitrogens with one attached hydrogen (secondary N) is 1. The second-order valence-corrected chi connectivity index (χ2v) is 7.05. The minimum absolute atomic E-state index is 0.0581. The molecule has 5 nitrogen and oxygen atoms in total. The number of hydrogen-bond donors (Lipinski definition) is 2. The highest BCUT2D eigenvalue weighted by Gasteiger charge is 2.07. The van der Waals surface area contributed by atoms with Crippen LogP contribution in [0.1, 0.15) is 20.3 Å². The first-order valence-electron chi connectivity index (χ1n) is 6.26. The lowest BCUT2D eigenvalue weighted by Crippen LogP contribution is -2.12. The monoisotopic (exact) mass is 286 g/mol. The maximum Gasteiger partial charge on any atom is 0.147 e. The van der Waals surface area contributed by atoms with Crippen molar-refractivity contribution in [3.8, 4) is 5.75 Å². The fraction of sp³-hybridized carbons (Fsp3) is 0.538. The van der Waals surface area contributed by atoms with E-state index in [9.17, 15) is 8.42 Å². The van der Waals surface area contributed by atoms with Gasteiger partial charge in [0, 0.05) is 12.8 Å². The summed E-state index contributed by atoms with van der Waals surface area (Å²) in [6, 6.07) is 5.52. The SMILES string of the molecule is CC(C)Oc1cccc(NCCCS(C)(=O)=O)c1N. The number of hydrogen-bond acceptors (Lipinski definition) is 5. The molecule has 0 bridgehead atoms. The van der Waals surface area contributed by atoms with E-state index in [1.807, 2.05) is 32.0 Å². The van der Waals surface area contributed by atoms with Gasteiger partial charge in [0.15, 0.2) is 0 Å². The van der Waals surface area contributed by atoms with Gasteiger partial charge in [0.1, 0.15) is 15.6 Å². The zero-order valence-corrected chi connectivity index (χ0v) is 12.5. The lowest BCUT2D eigenvalue weighted by molar-refractivity contribution is 0.244. The minimum Gasteiger partial charge on any atom is -0.489 e. The molecule has 0 spiro atoms. The predicted octanol–water partition coefficient (Wildman–Crippen LogP) is 1.90. The van der Waals surface area contributed by atoms with Gasteiger partial charge in [-0.15, -0.1) is 0 Å². The van der Waals surface area contributed by atoms with E-state index in [1.165, 1.54) is 6.26 Å². The summed E-state index contributed by atoms with van der Waals surface area (Å²) >= 11 is 0. The van der Waals surface area contributed by atoms with Crippen LogP contribution in [0.5, 0.6) is 5.75 Å². The largest absolute Gasteiger partial charge is 0.489 e. The Bertz CT molecular complexity index is 513. The second kappa shape index (κ2) is 6.65. The molecule has 1 aromatic rings. The van der Waals surface area contributed by atoms with Crippen LogP contribution < -0.4 is 15.8 Å². The van der Waals surface area contributed by atoms with Crippen LogP contribution in [0.3, 0.4) is 0 Å². The maximum absolute atomic E-state index is 11.0. The molecule has 0 aliphatic heterocycles. The fourth-order valence-corrected chi connectivity index (χ4v) is 2.28. The summed E-state index contributed by atoms with van der Waals surface area (Å²) in [7, 11) is -2.91. The fourth-order valence-electron chi connectivity index (χ4n) is 1.61. The van der Waals surface area contributed by atoms with Crippen molar-refractivity contribution >= 4 is 21.2 Å². The first kappa shape index (κ1) is 15.6. The standard InChI is InChI=1S/C13H22N2O3S/c1-10(2)18-12-7-4-6-11(13(12)14)15-8-5-9-19(3,16)17/h4,6-7,10,15H,5,8-9,14H2,1-3H3. The summed E-state index contributed by atoms with van der Waals surface area (Å²) in [5, 5.41) is 3.13. The third kappa shape index (κ3) is 5.83. The zero-order valence-electron chi connectivity index (χ0n) is 11.6. The third-order valence-electron chi connectivity index (χ3n) is 2.44. The van der Waals surface area contributed by atoms with Crippen LogP contribution in [0.4, 0.5) is 11.4 Å². The van der Waals surface area contributed by atoms with E-state index in [2.05, 4.69) is 5.32 Å². The van der Waals surface area contributed by atoms with Crippen LogP contribution >= 0.6 is 0 Å². The minimum atomic E-state index is -2.91. The van der Waals surface area contributed by atoms with Gasteiger partial charge in [0.25, 0.3) is 0 Å². The quantitative estimate of drug-likeness (QED) is 0.591. The molecule has 6 heteroatoms. The Morgan fingerprint density at radius 2 is 2.05 bits per heavy atom. The Labute approximate surface area is 115 Å². The number of sulfone groups is 1. The summed E-state index contributed by atoms with van der Waals surface area (Å²) in [5.41, 5.74) is 7.32. The lowest BCUT2D eigenvalue weighted by atomic mass is 10.2. The Balaban J connectivity index is 2.59. The van der Waals surface area contributed by atoms with Gasteiger partial charge in [-0.25, -0.2) is 8.42 Å². The molecule has 0 saturated heterocycles. The van der Waals surface area contributed by atoms with E-state index in [-0.39, 0.29) is 11.9 Å². The average molecular weight is 286 g/mol. The van der Waals surface area contributed by atoms with Crippen molar-refractivity contribution in [1.82, 2.24) is 0 Å². The van der Waals surface area contributed by atoms with E-state index in [4.69, 9.17) is 10.5 Å². The van der Waals surface area contributed by atoms with Crippen molar-refractivity contribution in [3.05, 3.63) is 18.2 Å². The van der Waals surface area contributed by atoms with Crippen LogP contribution in [0.2, 0.25) is 0 Å². The molecule has 0 heterocycles. The number of anilines is 2. The van der Waals surface area contributed by atoms with Crippen LogP contribution in [0.15, 0.2) is 18.2 Å². The number of ether oxygens (including phenoxy) is 1. The maximum atomic E-state index is 11.0. The first-order valence-corrected chi connectivity index (χ1v) is 8.32. The third-order valence-corrected chi connectivity index (χ3v) is 3.47. The molecule has 0 amide bonds. The van der Waals surface area contributed by atoms with Crippen molar-refractivity contribution in [2.24, 2.45) is 0 Å². The van der Waals surface area contributed by atoms with E-state index in [0.717, 1.165) is 5.69 Å². The summed E-state index contributed by atoms with van der Waals surface area (Å²) in [4.78, 5) is 0. The Kier molecular flexibility index (Phi) is 5.47. The normalized spacial score (nSPS) is 11.6. The van der Waals surface area contributed by atoms with E-state index in [1.54, 1.807) is 0 Å². The highest BCUT2D eigenvalue weighted by atomic mass is 32.2. The molecule has 0 aliphatic rings. The van der Waals surface area contributed by atoms with Crippen molar-refractivity contribution in [2.45, 2.75) is 26.4 Å². The molecule has 1 aromatic carbocycles. The lowest BCUT2D eigenvalue weighted by Gasteiger charge is -2.15. The molecule has 108 valence electrons. The summed E-state index contributed by atoms with van der Waals surface area (Å²) in [6.45, 7) is 4.43. The van der Waals surface area contributed by atoms with Gasteiger partial charge < -0.3 is 15.8 Å². The van der Waals surface area contributed by atoms with Crippen LogP contribution in [-0.2, 0) is 9.84 Å².